The highest BCUT2D eigenvalue weighted by Gasteiger charge is 2.22. The van der Waals surface area contributed by atoms with Gasteiger partial charge in [-0.1, -0.05) is 30.3 Å². The molecule has 3 aromatic rings. The summed E-state index contributed by atoms with van der Waals surface area (Å²) in [6.07, 6.45) is 5.07. The van der Waals surface area contributed by atoms with Crippen LogP contribution >= 0.6 is 9.24 Å². The number of nitrogens with one attached hydrogen (secondary N) is 2. The fraction of sp³-hybridized carbons (Fsp3) is 0.136. The number of benzene rings is 2. The van der Waals surface area contributed by atoms with Crippen molar-refractivity contribution in [1.29, 1.82) is 0 Å². The summed E-state index contributed by atoms with van der Waals surface area (Å²) in [5.41, 5.74) is 2.67. The molecule has 0 aliphatic carbocycles. The van der Waals surface area contributed by atoms with Gasteiger partial charge < -0.3 is 15.7 Å². The number of aromatic nitrogens is 2. The lowest BCUT2D eigenvalue weighted by molar-refractivity contribution is -0.138. The van der Waals surface area contributed by atoms with Crippen LogP contribution in [0.3, 0.4) is 0 Å². The first-order valence-corrected chi connectivity index (χ1v) is 9.97. The lowest BCUT2D eigenvalue weighted by Crippen LogP contribution is -2.41. The van der Waals surface area contributed by atoms with E-state index in [2.05, 4.69) is 19.9 Å². The largest absolute Gasteiger partial charge is 0.479 e. The second-order valence-corrected chi connectivity index (χ2v) is 7.68. The van der Waals surface area contributed by atoms with Crippen molar-refractivity contribution in [2.45, 2.75) is 12.6 Å². The van der Waals surface area contributed by atoms with Gasteiger partial charge in [-0.05, 0) is 41.4 Å². The van der Waals surface area contributed by atoms with Crippen molar-refractivity contribution in [2.75, 3.05) is 0 Å². The number of allylic oxidation sites excluding steroid dienone is 2. The molecule has 0 saturated carbocycles. The lowest BCUT2D eigenvalue weighted by Gasteiger charge is -2.21. The third-order valence-electron chi connectivity index (χ3n) is 4.99. The molecule has 0 spiro atoms. The van der Waals surface area contributed by atoms with Gasteiger partial charge in [-0.15, -0.1) is 9.24 Å². The van der Waals surface area contributed by atoms with Crippen molar-refractivity contribution < 1.29 is 9.90 Å². The van der Waals surface area contributed by atoms with Gasteiger partial charge in [0.25, 0.3) is 5.56 Å². The SMILES string of the molecule is Cn1c(-c2ccccc2)nc2c(CNC3=CC=CNC3C(=O)O)cc(P)cc2c1=O. The summed E-state index contributed by atoms with van der Waals surface area (Å²) in [4.78, 5) is 29.4. The second-order valence-electron chi connectivity index (χ2n) is 7.01. The minimum Gasteiger partial charge on any atom is -0.479 e. The zero-order chi connectivity index (χ0) is 21.3. The number of aliphatic carboxylic acids is 1. The fourth-order valence-corrected chi connectivity index (χ4v) is 3.87. The summed E-state index contributed by atoms with van der Waals surface area (Å²) in [6, 6.07) is 12.4. The van der Waals surface area contributed by atoms with Crippen molar-refractivity contribution in [3.63, 3.8) is 0 Å². The van der Waals surface area contributed by atoms with Gasteiger partial charge in [0.2, 0.25) is 0 Å². The highest BCUT2D eigenvalue weighted by molar-refractivity contribution is 7.27. The Bertz CT molecular complexity index is 1250. The number of nitrogens with zero attached hydrogens (tertiary/aromatic N) is 2. The van der Waals surface area contributed by atoms with Crippen LogP contribution in [0.2, 0.25) is 0 Å². The molecule has 8 heteroatoms. The topological polar surface area (TPSA) is 96.2 Å². The predicted octanol–water partition coefficient (Wildman–Crippen LogP) is 1.64. The van der Waals surface area contributed by atoms with E-state index < -0.39 is 12.0 Å². The van der Waals surface area contributed by atoms with Gasteiger partial charge in [0, 0.05) is 24.9 Å². The van der Waals surface area contributed by atoms with Crippen LogP contribution in [0.1, 0.15) is 5.56 Å². The Morgan fingerprint density at radius 3 is 2.80 bits per heavy atom. The molecule has 0 radical (unpaired) electrons. The monoisotopic (exact) mass is 420 g/mol. The van der Waals surface area contributed by atoms with Crippen molar-refractivity contribution >= 4 is 31.4 Å². The predicted molar refractivity (Wildman–Crippen MR) is 120 cm³/mol. The van der Waals surface area contributed by atoms with Crippen LogP contribution in [0.25, 0.3) is 22.3 Å². The van der Waals surface area contributed by atoms with E-state index in [1.807, 2.05) is 36.4 Å². The molecule has 7 nitrogen and oxygen atoms in total. The summed E-state index contributed by atoms with van der Waals surface area (Å²) in [6.45, 7) is 0.332. The van der Waals surface area contributed by atoms with Gasteiger partial charge in [0.15, 0.2) is 6.04 Å². The number of hydrogen-bond donors (Lipinski definition) is 3. The lowest BCUT2D eigenvalue weighted by atomic mass is 10.1. The number of fused-ring (bicyclic) bond motifs is 1. The molecule has 2 unspecified atom stereocenters. The standard InChI is InChI=1S/C22H21N4O3P/c1-26-20(13-6-3-2-4-7-13)25-18-14(10-15(30)11-16(18)21(26)27)12-24-17-8-5-9-23-19(17)22(28)29/h2-11,19,23-24H,12,30H2,1H3,(H,28,29). The summed E-state index contributed by atoms with van der Waals surface area (Å²) in [5, 5.41) is 16.8. The molecular weight excluding hydrogens is 399 g/mol. The molecule has 4 rings (SSSR count). The first kappa shape index (κ1) is 19.9. The van der Waals surface area contributed by atoms with Gasteiger partial charge >= 0.3 is 5.97 Å². The number of carbonyl (C=O) groups is 1. The summed E-state index contributed by atoms with van der Waals surface area (Å²) in [7, 11) is 4.33. The smallest absolute Gasteiger partial charge is 0.332 e. The highest BCUT2D eigenvalue weighted by Crippen LogP contribution is 2.21. The molecule has 0 amide bonds. The maximum absolute atomic E-state index is 13.1. The number of dihydropyridines is 1. The molecule has 1 aliphatic rings. The molecule has 0 fully saturated rings. The molecule has 2 atom stereocenters. The van der Waals surface area contributed by atoms with Gasteiger partial charge in [0.05, 0.1) is 10.9 Å². The molecule has 2 heterocycles. The number of carboxylic acids is 1. The summed E-state index contributed by atoms with van der Waals surface area (Å²) >= 11 is 0. The van der Waals surface area contributed by atoms with E-state index in [1.54, 1.807) is 36.0 Å². The zero-order valence-electron chi connectivity index (χ0n) is 16.3. The van der Waals surface area contributed by atoms with Crippen LogP contribution in [0.4, 0.5) is 0 Å². The normalized spacial score (nSPS) is 15.5. The average Bonchev–Trinajstić information content (AvgIpc) is 2.75. The molecule has 3 N–H and O–H groups in total. The van der Waals surface area contributed by atoms with Crippen LogP contribution < -0.4 is 21.5 Å². The van der Waals surface area contributed by atoms with Crippen molar-refractivity contribution in [3.05, 3.63) is 82.4 Å². The van der Waals surface area contributed by atoms with E-state index in [0.29, 0.717) is 29.0 Å². The summed E-state index contributed by atoms with van der Waals surface area (Å²) in [5.74, 6) is -0.392. The first-order valence-electron chi connectivity index (χ1n) is 9.39. The Morgan fingerprint density at radius 1 is 1.30 bits per heavy atom. The van der Waals surface area contributed by atoms with E-state index >= 15 is 0 Å². The van der Waals surface area contributed by atoms with Crippen LogP contribution in [0.15, 0.2) is 71.3 Å². The Balaban J connectivity index is 1.79. The van der Waals surface area contributed by atoms with Crippen LogP contribution in [0.5, 0.6) is 0 Å². The third kappa shape index (κ3) is 3.72. The molecular formula is C22H21N4O3P. The van der Waals surface area contributed by atoms with Crippen molar-refractivity contribution in [2.24, 2.45) is 7.05 Å². The van der Waals surface area contributed by atoms with E-state index in [1.165, 1.54) is 0 Å². The van der Waals surface area contributed by atoms with E-state index in [-0.39, 0.29) is 5.56 Å². The van der Waals surface area contributed by atoms with Gasteiger partial charge in [-0.25, -0.2) is 9.78 Å². The molecule has 152 valence electrons. The minimum absolute atomic E-state index is 0.130. The maximum atomic E-state index is 13.1. The molecule has 30 heavy (non-hydrogen) atoms. The number of rotatable bonds is 5. The van der Waals surface area contributed by atoms with Crippen LogP contribution in [0, 0.1) is 0 Å². The van der Waals surface area contributed by atoms with Gasteiger partial charge in [-0.3, -0.25) is 9.36 Å². The molecule has 0 saturated heterocycles. The average molecular weight is 420 g/mol. The second kappa shape index (κ2) is 8.13. The van der Waals surface area contributed by atoms with Crippen molar-refractivity contribution in [1.82, 2.24) is 20.2 Å². The number of hydrogen-bond acceptors (Lipinski definition) is 5. The molecule has 0 bridgehead atoms. The van der Waals surface area contributed by atoms with E-state index in [4.69, 9.17) is 4.98 Å². The van der Waals surface area contributed by atoms with Crippen LogP contribution in [-0.2, 0) is 18.4 Å². The third-order valence-corrected chi connectivity index (χ3v) is 5.32. The van der Waals surface area contributed by atoms with Gasteiger partial charge in [-0.2, -0.15) is 0 Å². The zero-order valence-corrected chi connectivity index (χ0v) is 17.4. The quantitative estimate of drug-likeness (QED) is 0.543. The van der Waals surface area contributed by atoms with E-state index in [0.717, 1.165) is 16.4 Å². The Labute approximate surface area is 175 Å². The molecule has 1 aliphatic heterocycles. The van der Waals surface area contributed by atoms with E-state index in [9.17, 15) is 14.7 Å². The van der Waals surface area contributed by atoms with Gasteiger partial charge in [0.1, 0.15) is 5.82 Å². The fourth-order valence-electron chi connectivity index (χ4n) is 3.50. The Hall–Kier alpha value is -3.44. The summed E-state index contributed by atoms with van der Waals surface area (Å²) < 4.78 is 1.55. The molecule has 1 aromatic heterocycles. The van der Waals surface area contributed by atoms with Crippen molar-refractivity contribution in [3.8, 4) is 11.4 Å². The van der Waals surface area contributed by atoms with Crippen LogP contribution in [-0.4, -0.2) is 26.7 Å². The minimum atomic E-state index is -0.971. The maximum Gasteiger partial charge on any atom is 0.332 e. The molecule has 2 aromatic carbocycles. The Morgan fingerprint density at radius 2 is 2.07 bits per heavy atom. The number of carboxylic acid groups (broad SMARTS) is 1. The Kier molecular flexibility index (Phi) is 5.38. The first-order chi connectivity index (χ1) is 14.5. The highest BCUT2D eigenvalue weighted by atomic mass is 31.0.